The fourth-order valence-corrected chi connectivity index (χ4v) is 3.01. The Bertz CT molecular complexity index is 418. The number of imidazole rings is 1. The molecule has 4 heteroatoms. The van der Waals surface area contributed by atoms with Crippen molar-refractivity contribution in [3.8, 4) is 0 Å². The molecule has 0 fully saturated rings. The molecule has 0 spiro atoms. The molecular formula is C20H37ClN2O. The van der Waals surface area contributed by atoms with E-state index in [2.05, 4.69) is 16.9 Å². The van der Waals surface area contributed by atoms with E-state index in [1.165, 1.54) is 57.8 Å². The van der Waals surface area contributed by atoms with Crippen molar-refractivity contribution < 1.29 is 4.79 Å². The zero-order chi connectivity index (χ0) is 16.8. The van der Waals surface area contributed by atoms with Crippen LogP contribution >= 0.6 is 12.4 Å². The van der Waals surface area contributed by atoms with E-state index in [1.807, 2.05) is 13.1 Å². The van der Waals surface area contributed by atoms with Gasteiger partial charge in [0, 0.05) is 24.7 Å². The Balaban J connectivity index is 0.00000529. The first kappa shape index (κ1) is 23.2. The Kier molecular flexibility index (Phi) is 15.1. The van der Waals surface area contributed by atoms with Crippen molar-refractivity contribution in [2.75, 3.05) is 0 Å². The molecule has 0 unspecified atom stereocenters. The molecule has 0 bridgehead atoms. The van der Waals surface area contributed by atoms with Crippen LogP contribution in [0.25, 0.3) is 0 Å². The van der Waals surface area contributed by atoms with Gasteiger partial charge in [-0.15, -0.1) is 12.4 Å². The molecule has 1 rings (SSSR count). The summed E-state index contributed by atoms with van der Waals surface area (Å²) in [6.45, 7) is 4.22. The maximum Gasteiger partial charge on any atom is 0.132 e. The normalized spacial score (nSPS) is 10.6. The highest BCUT2D eigenvalue weighted by Gasteiger charge is 2.03. The van der Waals surface area contributed by atoms with Crippen LogP contribution in [0.1, 0.15) is 102 Å². The minimum atomic E-state index is 0. The first-order valence-corrected chi connectivity index (χ1v) is 9.74. The van der Waals surface area contributed by atoms with Gasteiger partial charge in [0.15, 0.2) is 0 Å². The van der Waals surface area contributed by atoms with Gasteiger partial charge in [-0.05, 0) is 26.2 Å². The number of carbonyl (C=O) groups excluding carboxylic acids is 1. The van der Waals surface area contributed by atoms with Crippen LogP contribution in [0.5, 0.6) is 0 Å². The van der Waals surface area contributed by atoms with Crippen molar-refractivity contribution in [2.24, 2.45) is 0 Å². The van der Waals surface area contributed by atoms with Gasteiger partial charge in [-0.2, -0.15) is 0 Å². The standard InChI is InChI=1S/C20H36N2O.ClH/c1-3-4-5-6-7-8-9-10-11-12-15-20(23)16-13-14-19-17-21-18(2)22-19;/h17H,3-16H2,1-2H3,(H,21,22);1H. The monoisotopic (exact) mass is 356 g/mol. The molecule has 0 saturated carbocycles. The number of ketones is 1. The number of halogens is 1. The molecule has 1 aromatic rings. The molecule has 0 aromatic carbocycles. The summed E-state index contributed by atoms with van der Waals surface area (Å²) >= 11 is 0. The van der Waals surface area contributed by atoms with Crippen molar-refractivity contribution in [3.05, 3.63) is 17.7 Å². The van der Waals surface area contributed by atoms with E-state index in [1.54, 1.807) is 0 Å². The molecule has 1 aromatic heterocycles. The zero-order valence-electron chi connectivity index (χ0n) is 15.7. The Morgan fingerprint density at radius 1 is 0.917 bits per heavy atom. The van der Waals surface area contributed by atoms with Gasteiger partial charge < -0.3 is 4.98 Å². The number of hydrogen-bond acceptors (Lipinski definition) is 2. The van der Waals surface area contributed by atoms with Gasteiger partial charge in [0.05, 0.1) is 0 Å². The molecule has 140 valence electrons. The third-order valence-electron chi connectivity index (χ3n) is 4.47. The van der Waals surface area contributed by atoms with Gasteiger partial charge >= 0.3 is 0 Å². The van der Waals surface area contributed by atoms with Gasteiger partial charge in [0.25, 0.3) is 0 Å². The Morgan fingerprint density at radius 2 is 1.46 bits per heavy atom. The number of nitrogens with zero attached hydrogens (tertiary/aromatic N) is 1. The van der Waals surface area contributed by atoms with Gasteiger partial charge in [-0.3, -0.25) is 4.79 Å². The minimum absolute atomic E-state index is 0. The Morgan fingerprint density at radius 3 is 2.00 bits per heavy atom. The first-order valence-electron chi connectivity index (χ1n) is 9.74. The lowest BCUT2D eigenvalue weighted by atomic mass is 10.0. The molecule has 0 atom stereocenters. The van der Waals surface area contributed by atoms with E-state index in [0.717, 1.165) is 43.6 Å². The SMILES string of the molecule is CCCCCCCCCCCCC(=O)CCCc1cnc(C)[nH]1.Cl. The van der Waals surface area contributed by atoms with Crippen molar-refractivity contribution in [3.63, 3.8) is 0 Å². The van der Waals surface area contributed by atoms with Gasteiger partial charge in [-0.1, -0.05) is 64.7 Å². The third kappa shape index (κ3) is 12.6. The Labute approximate surface area is 154 Å². The molecule has 1 N–H and O–H groups in total. The number of rotatable bonds is 15. The number of unbranched alkanes of at least 4 members (excludes halogenated alkanes) is 9. The molecule has 0 radical (unpaired) electrons. The van der Waals surface area contributed by atoms with Crippen LogP contribution in [0.2, 0.25) is 0 Å². The van der Waals surface area contributed by atoms with Crippen molar-refractivity contribution in [1.29, 1.82) is 0 Å². The van der Waals surface area contributed by atoms with Crippen molar-refractivity contribution >= 4 is 18.2 Å². The number of carbonyl (C=O) groups is 1. The number of aromatic nitrogens is 2. The van der Waals surface area contributed by atoms with E-state index < -0.39 is 0 Å². The molecule has 0 saturated heterocycles. The summed E-state index contributed by atoms with van der Waals surface area (Å²) < 4.78 is 0. The van der Waals surface area contributed by atoms with Crippen LogP contribution in [-0.4, -0.2) is 15.8 Å². The van der Waals surface area contributed by atoms with Crippen LogP contribution in [0.3, 0.4) is 0 Å². The lowest BCUT2D eigenvalue weighted by Gasteiger charge is -2.03. The molecule has 0 aliphatic carbocycles. The summed E-state index contributed by atoms with van der Waals surface area (Å²) in [5, 5.41) is 0. The number of Topliss-reactive ketones (excluding diaryl/α,β-unsaturated/α-hetero) is 1. The van der Waals surface area contributed by atoms with Gasteiger partial charge in [-0.25, -0.2) is 4.98 Å². The highest BCUT2D eigenvalue weighted by molar-refractivity contribution is 5.85. The highest BCUT2D eigenvalue weighted by Crippen LogP contribution is 2.12. The lowest BCUT2D eigenvalue weighted by Crippen LogP contribution is -1.99. The number of nitrogens with one attached hydrogen (secondary N) is 1. The van der Waals surface area contributed by atoms with E-state index in [4.69, 9.17) is 0 Å². The molecule has 3 nitrogen and oxygen atoms in total. The summed E-state index contributed by atoms with van der Waals surface area (Å²) in [5.41, 5.74) is 1.15. The average molecular weight is 357 g/mol. The second kappa shape index (κ2) is 15.7. The van der Waals surface area contributed by atoms with E-state index in [9.17, 15) is 4.79 Å². The summed E-state index contributed by atoms with van der Waals surface area (Å²) in [5.74, 6) is 1.39. The number of aryl methyl sites for hydroxylation is 2. The number of H-pyrrole nitrogens is 1. The van der Waals surface area contributed by atoms with Crippen molar-refractivity contribution in [2.45, 2.75) is 104 Å². The quantitative estimate of drug-likeness (QED) is 0.372. The topological polar surface area (TPSA) is 45.8 Å². The van der Waals surface area contributed by atoms with Crippen LogP contribution in [-0.2, 0) is 11.2 Å². The fraction of sp³-hybridized carbons (Fsp3) is 0.800. The minimum Gasteiger partial charge on any atom is -0.346 e. The van der Waals surface area contributed by atoms with E-state index in [-0.39, 0.29) is 12.4 Å². The summed E-state index contributed by atoms with van der Waals surface area (Å²) in [6, 6.07) is 0. The summed E-state index contributed by atoms with van der Waals surface area (Å²) in [7, 11) is 0. The smallest absolute Gasteiger partial charge is 0.132 e. The predicted molar refractivity (Wildman–Crippen MR) is 105 cm³/mol. The summed E-state index contributed by atoms with van der Waals surface area (Å²) in [6.07, 6.45) is 18.5. The third-order valence-corrected chi connectivity index (χ3v) is 4.47. The zero-order valence-corrected chi connectivity index (χ0v) is 16.6. The predicted octanol–water partition coefficient (Wildman–Crippen LogP) is 6.34. The maximum atomic E-state index is 11.8. The van der Waals surface area contributed by atoms with Gasteiger partial charge in [0.2, 0.25) is 0 Å². The number of aromatic amines is 1. The molecule has 0 aliphatic rings. The van der Waals surface area contributed by atoms with Crippen LogP contribution in [0, 0.1) is 6.92 Å². The van der Waals surface area contributed by atoms with Crippen molar-refractivity contribution in [1.82, 2.24) is 9.97 Å². The van der Waals surface area contributed by atoms with Crippen LogP contribution < -0.4 is 0 Å². The molecule has 24 heavy (non-hydrogen) atoms. The second-order valence-corrected chi connectivity index (χ2v) is 6.82. The summed E-state index contributed by atoms with van der Waals surface area (Å²) in [4.78, 5) is 19.2. The molecule has 0 amide bonds. The Hall–Kier alpha value is -0.830. The van der Waals surface area contributed by atoms with Crippen LogP contribution in [0.4, 0.5) is 0 Å². The average Bonchev–Trinajstić information content (AvgIpc) is 2.94. The molecule has 0 aliphatic heterocycles. The molecule has 1 heterocycles. The largest absolute Gasteiger partial charge is 0.346 e. The van der Waals surface area contributed by atoms with E-state index >= 15 is 0 Å². The number of hydrogen-bond donors (Lipinski definition) is 1. The van der Waals surface area contributed by atoms with E-state index in [0.29, 0.717) is 5.78 Å². The van der Waals surface area contributed by atoms with Crippen LogP contribution in [0.15, 0.2) is 6.20 Å². The molecular weight excluding hydrogens is 320 g/mol. The second-order valence-electron chi connectivity index (χ2n) is 6.82. The maximum absolute atomic E-state index is 11.8. The fourth-order valence-electron chi connectivity index (χ4n) is 3.01. The first-order chi connectivity index (χ1) is 11.2. The van der Waals surface area contributed by atoms with Gasteiger partial charge in [0.1, 0.15) is 11.6 Å². The lowest BCUT2D eigenvalue weighted by molar-refractivity contribution is -0.119. The highest BCUT2D eigenvalue weighted by atomic mass is 35.5.